The monoisotopic (exact) mass is 299 g/mol. The highest BCUT2D eigenvalue weighted by Gasteiger charge is 2.47. The molecule has 2 nitrogen and oxygen atoms in total. The average Bonchev–Trinajstić information content (AvgIpc) is 3.08. The Kier molecular flexibility index (Phi) is 4.00. The first-order valence-corrected chi connectivity index (χ1v) is 9.24. The molecule has 1 aromatic rings. The maximum Gasteiger partial charge on any atom is 0.0680 e. The van der Waals surface area contributed by atoms with E-state index in [0.29, 0.717) is 12.1 Å². The fraction of sp³-hybridized carbons (Fsp3) is 0.700. The molecule has 0 amide bonds. The molecule has 2 atom stereocenters. The van der Waals surface area contributed by atoms with Crippen LogP contribution in [0.15, 0.2) is 30.3 Å². The van der Waals surface area contributed by atoms with Crippen LogP contribution in [0.3, 0.4) is 0 Å². The van der Waals surface area contributed by atoms with Gasteiger partial charge in [0.1, 0.15) is 0 Å². The molecule has 1 N–H and O–H groups in total. The molecule has 120 valence electrons. The van der Waals surface area contributed by atoms with Crippen LogP contribution in [-0.2, 0) is 6.54 Å². The molecule has 3 fully saturated rings. The van der Waals surface area contributed by atoms with Gasteiger partial charge in [0.2, 0.25) is 0 Å². The third-order valence-corrected chi connectivity index (χ3v) is 6.35. The van der Waals surface area contributed by atoms with Crippen LogP contribution in [0.1, 0.15) is 63.4 Å². The largest absolute Gasteiger partial charge is 0.390 e. The normalized spacial score (nSPS) is 36.0. The summed E-state index contributed by atoms with van der Waals surface area (Å²) < 4.78 is 0. The highest BCUT2D eigenvalue weighted by atomic mass is 16.3. The van der Waals surface area contributed by atoms with Crippen molar-refractivity contribution in [1.29, 1.82) is 0 Å². The Morgan fingerprint density at radius 1 is 0.955 bits per heavy atom. The molecule has 0 aromatic heterocycles. The Balaban J connectivity index is 1.42. The highest BCUT2D eigenvalue weighted by Crippen LogP contribution is 2.45. The summed E-state index contributed by atoms with van der Waals surface area (Å²) in [4.78, 5) is 2.68. The summed E-state index contributed by atoms with van der Waals surface area (Å²) in [5.41, 5.74) is 1.05. The number of rotatable bonds is 4. The van der Waals surface area contributed by atoms with Crippen molar-refractivity contribution < 1.29 is 5.11 Å². The first kappa shape index (κ1) is 14.7. The second-order valence-electron chi connectivity index (χ2n) is 8.03. The lowest BCUT2D eigenvalue weighted by Crippen LogP contribution is -2.51. The molecular weight excluding hydrogens is 270 g/mol. The minimum Gasteiger partial charge on any atom is -0.390 e. The van der Waals surface area contributed by atoms with Gasteiger partial charge in [-0.25, -0.2) is 0 Å². The number of hydrogen-bond donors (Lipinski definition) is 1. The van der Waals surface area contributed by atoms with Crippen molar-refractivity contribution in [1.82, 2.24) is 4.90 Å². The number of piperidine rings is 1. The van der Waals surface area contributed by atoms with E-state index in [1.807, 2.05) is 0 Å². The molecule has 2 bridgehead atoms. The van der Waals surface area contributed by atoms with E-state index in [0.717, 1.165) is 31.7 Å². The van der Waals surface area contributed by atoms with Gasteiger partial charge in [-0.05, 0) is 43.6 Å². The van der Waals surface area contributed by atoms with Crippen molar-refractivity contribution in [2.24, 2.45) is 5.92 Å². The van der Waals surface area contributed by atoms with Crippen LogP contribution in [0, 0.1) is 5.92 Å². The quantitative estimate of drug-likeness (QED) is 0.904. The number of hydrogen-bond acceptors (Lipinski definition) is 2. The Labute approximate surface area is 134 Å². The van der Waals surface area contributed by atoms with Gasteiger partial charge in [0.05, 0.1) is 5.60 Å². The zero-order valence-electron chi connectivity index (χ0n) is 13.6. The molecule has 2 aliphatic heterocycles. The topological polar surface area (TPSA) is 23.5 Å². The van der Waals surface area contributed by atoms with Crippen molar-refractivity contribution in [2.45, 2.75) is 82.0 Å². The number of benzene rings is 1. The van der Waals surface area contributed by atoms with Crippen LogP contribution in [0.4, 0.5) is 0 Å². The van der Waals surface area contributed by atoms with Gasteiger partial charge in [0.25, 0.3) is 0 Å². The Morgan fingerprint density at radius 3 is 2.23 bits per heavy atom. The summed E-state index contributed by atoms with van der Waals surface area (Å²) in [6, 6.07) is 12.0. The van der Waals surface area contributed by atoms with Crippen LogP contribution < -0.4 is 0 Å². The third kappa shape index (κ3) is 2.96. The maximum absolute atomic E-state index is 11.2. The molecule has 0 spiro atoms. The average molecular weight is 299 g/mol. The molecule has 2 heterocycles. The molecule has 2 unspecified atom stereocenters. The zero-order valence-corrected chi connectivity index (χ0v) is 13.6. The number of fused-ring (bicyclic) bond motifs is 2. The summed E-state index contributed by atoms with van der Waals surface area (Å²) in [5, 5.41) is 11.2. The second-order valence-corrected chi connectivity index (χ2v) is 8.03. The Morgan fingerprint density at radius 2 is 1.59 bits per heavy atom. The highest BCUT2D eigenvalue weighted by molar-refractivity contribution is 5.16. The standard InChI is InChI=1S/C20H29NO/c22-20(12-16-6-4-5-7-16)13-18-10-11-19(14-20)21(18)15-17-8-2-1-3-9-17/h1-3,8-9,16,18-19,22H,4-7,10-15H2. The van der Waals surface area contributed by atoms with Crippen LogP contribution in [0.25, 0.3) is 0 Å². The molecule has 22 heavy (non-hydrogen) atoms. The summed E-state index contributed by atoms with van der Waals surface area (Å²) in [6.45, 7) is 1.07. The molecular formula is C20H29NO. The molecule has 2 heteroatoms. The van der Waals surface area contributed by atoms with Crippen molar-refractivity contribution in [3.8, 4) is 0 Å². The smallest absolute Gasteiger partial charge is 0.0680 e. The first-order valence-electron chi connectivity index (χ1n) is 9.24. The van der Waals surface area contributed by atoms with Gasteiger partial charge < -0.3 is 5.11 Å². The molecule has 0 radical (unpaired) electrons. The summed E-state index contributed by atoms with van der Waals surface area (Å²) in [5.74, 6) is 0.796. The predicted octanol–water partition coefficient (Wildman–Crippen LogP) is 4.12. The fourth-order valence-electron chi connectivity index (χ4n) is 5.38. The van der Waals surface area contributed by atoms with Gasteiger partial charge in [-0.3, -0.25) is 4.90 Å². The lowest BCUT2D eigenvalue weighted by Gasteiger charge is -2.45. The minimum atomic E-state index is -0.367. The molecule has 4 rings (SSSR count). The zero-order chi connectivity index (χ0) is 15.0. The van der Waals surface area contributed by atoms with Gasteiger partial charge >= 0.3 is 0 Å². The van der Waals surface area contributed by atoms with Crippen LogP contribution in [-0.4, -0.2) is 27.7 Å². The van der Waals surface area contributed by atoms with Crippen LogP contribution in [0.2, 0.25) is 0 Å². The lowest BCUT2D eigenvalue weighted by molar-refractivity contribution is -0.0685. The molecule has 1 aliphatic carbocycles. The van der Waals surface area contributed by atoms with Gasteiger partial charge in [0, 0.05) is 18.6 Å². The first-order chi connectivity index (χ1) is 10.7. The third-order valence-electron chi connectivity index (χ3n) is 6.35. The van der Waals surface area contributed by atoms with E-state index in [1.54, 1.807) is 0 Å². The van der Waals surface area contributed by atoms with Gasteiger partial charge in [-0.15, -0.1) is 0 Å². The van der Waals surface area contributed by atoms with E-state index in [2.05, 4.69) is 35.2 Å². The lowest BCUT2D eigenvalue weighted by atomic mass is 9.79. The van der Waals surface area contributed by atoms with Gasteiger partial charge in [-0.1, -0.05) is 56.0 Å². The van der Waals surface area contributed by atoms with E-state index in [-0.39, 0.29) is 5.60 Å². The predicted molar refractivity (Wildman–Crippen MR) is 89.6 cm³/mol. The summed E-state index contributed by atoms with van der Waals surface area (Å²) in [6.07, 6.45) is 11.1. The maximum atomic E-state index is 11.2. The second kappa shape index (κ2) is 5.98. The molecule has 1 saturated carbocycles. The Hall–Kier alpha value is -0.860. The van der Waals surface area contributed by atoms with Crippen LogP contribution in [0.5, 0.6) is 0 Å². The van der Waals surface area contributed by atoms with Crippen molar-refractivity contribution in [2.75, 3.05) is 0 Å². The Bertz CT molecular complexity index is 480. The molecule has 1 aromatic carbocycles. The SMILES string of the molecule is OC1(CC2CCCC2)CC2CCC(C1)N2Cc1ccccc1. The van der Waals surface area contributed by atoms with E-state index >= 15 is 0 Å². The van der Waals surface area contributed by atoms with Crippen molar-refractivity contribution in [3.05, 3.63) is 35.9 Å². The van der Waals surface area contributed by atoms with Crippen molar-refractivity contribution >= 4 is 0 Å². The number of aliphatic hydroxyl groups is 1. The fourth-order valence-corrected chi connectivity index (χ4v) is 5.38. The van der Waals surface area contributed by atoms with Crippen LogP contribution >= 0.6 is 0 Å². The van der Waals surface area contributed by atoms with E-state index in [4.69, 9.17) is 0 Å². The summed E-state index contributed by atoms with van der Waals surface area (Å²) in [7, 11) is 0. The minimum absolute atomic E-state index is 0.367. The van der Waals surface area contributed by atoms with E-state index in [9.17, 15) is 5.11 Å². The molecule has 2 saturated heterocycles. The molecule has 3 aliphatic rings. The summed E-state index contributed by atoms with van der Waals surface area (Å²) >= 11 is 0. The van der Waals surface area contributed by atoms with E-state index < -0.39 is 0 Å². The van der Waals surface area contributed by atoms with Crippen molar-refractivity contribution in [3.63, 3.8) is 0 Å². The number of nitrogens with zero attached hydrogens (tertiary/aromatic N) is 1. The van der Waals surface area contributed by atoms with E-state index in [1.165, 1.54) is 44.1 Å². The van der Waals surface area contributed by atoms with Gasteiger partial charge in [0.15, 0.2) is 0 Å². The van der Waals surface area contributed by atoms with Gasteiger partial charge in [-0.2, -0.15) is 0 Å².